The van der Waals surface area contributed by atoms with Gasteiger partial charge in [0.05, 0.1) is 15.8 Å². The van der Waals surface area contributed by atoms with Crippen LogP contribution in [-0.2, 0) is 5.41 Å². The minimum atomic E-state index is -1.02. The molecule has 12 rings (SSSR count). The Bertz CT molecular complexity index is 3110. The topological polar surface area (TPSA) is 68.3 Å². The second-order valence-electron chi connectivity index (χ2n) is 17.3. The SMILES string of the molecule is O=C1C(=CC2=CC3=C(c4sc5cc(C=C6C(=O)c7cc8cc(F)c(F)cc8cc7C6=O)sc5c4C34CCCCC4)C23CCCCC3)C(=O)c2cc3cc(F)c(F)cc3cc21. The van der Waals surface area contributed by atoms with Gasteiger partial charge in [-0.2, -0.15) is 0 Å². The summed E-state index contributed by atoms with van der Waals surface area (Å²) in [5, 5.41) is 1.42. The smallest absolute Gasteiger partial charge is 0.197 e. The number of Topliss-reactive ketones (excluding diaryl/α,β-unsaturated/α-hetero) is 4. The van der Waals surface area contributed by atoms with E-state index in [0.717, 1.165) is 108 Å². The van der Waals surface area contributed by atoms with E-state index in [4.69, 9.17) is 0 Å². The predicted molar refractivity (Wildman–Crippen MR) is 226 cm³/mol. The Hall–Kier alpha value is -5.58. The Morgan fingerprint density at radius 1 is 0.500 bits per heavy atom. The molecule has 60 heavy (non-hydrogen) atoms. The van der Waals surface area contributed by atoms with Crippen molar-refractivity contribution in [3.63, 3.8) is 0 Å². The number of rotatable bonds is 2. The molecule has 6 aromatic rings. The fourth-order valence-corrected chi connectivity index (χ4v) is 14.4. The Labute approximate surface area is 348 Å². The van der Waals surface area contributed by atoms with Crippen LogP contribution in [-0.4, -0.2) is 23.1 Å². The van der Waals surface area contributed by atoms with E-state index in [0.29, 0.717) is 21.5 Å². The van der Waals surface area contributed by atoms with E-state index in [1.165, 1.54) is 45.9 Å². The van der Waals surface area contributed by atoms with Crippen molar-refractivity contribution >= 4 is 88.4 Å². The fourth-order valence-electron chi connectivity index (χ4n) is 11.4. The van der Waals surface area contributed by atoms with Gasteiger partial charge in [0.2, 0.25) is 0 Å². The molecule has 0 N–H and O–H groups in total. The molecule has 296 valence electrons. The molecule has 0 radical (unpaired) electrons. The first kappa shape index (κ1) is 36.3. The highest BCUT2D eigenvalue weighted by molar-refractivity contribution is 7.29. The minimum absolute atomic E-state index is 0.0344. The van der Waals surface area contributed by atoms with E-state index in [-0.39, 0.29) is 44.2 Å². The highest BCUT2D eigenvalue weighted by Crippen LogP contribution is 2.70. The van der Waals surface area contributed by atoms with Crippen molar-refractivity contribution in [3.8, 4) is 0 Å². The second kappa shape index (κ2) is 12.5. The number of thiophene rings is 2. The van der Waals surface area contributed by atoms with E-state index in [1.54, 1.807) is 28.7 Å². The summed E-state index contributed by atoms with van der Waals surface area (Å²) in [6.45, 7) is 0. The normalized spacial score (nSPS) is 20.0. The van der Waals surface area contributed by atoms with Gasteiger partial charge in [0.1, 0.15) is 0 Å². The zero-order valence-electron chi connectivity index (χ0n) is 32.0. The van der Waals surface area contributed by atoms with E-state index >= 15 is 0 Å². The first-order valence-corrected chi connectivity index (χ1v) is 22.1. The van der Waals surface area contributed by atoms with Crippen molar-refractivity contribution in [1.29, 1.82) is 0 Å². The molecule has 2 heterocycles. The summed E-state index contributed by atoms with van der Waals surface area (Å²) in [6.07, 6.45) is 15.8. The summed E-state index contributed by atoms with van der Waals surface area (Å²) in [5.74, 6) is -5.73. The molecule has 6 aliphatic rings. The summed E-state index contributed by atoms with van der Waals surface area (Å²) >= 11 is 3.33. The van der Waals surface area contributed by atoms with Crippen LogP contribution >= 0.6 is 22.7 Å². The number of carbonyl (C=O) groups excluding carboxylic acids is 4. The van der Waals surface area contributed by atoms with Gasteiger partial charge in [-0.3, -0.25) is 19.2 Å². The maximum Gasteiger partial charge on any atom is 0.197 e. The number of carbonyl (C=O) groups is 4. The largest absolute Gasteiger partial charge is 0.288 e. The molecule has 2 saturated carbocycles. The molecule has 2 spiro atoms. The van der Waals surface area contributed by atoms with Gasteiger partial charge in [-0.1, -0.05) is 44.6 Å². The molecule has 10 heteroatoms. The standard InChI is InChI=1S/C50H32F4O4S2/c51-36-15-23-11-29-30(12-24(23)16-37(36)52)44(56)33(43(29)55)19-27-20-35-41(49(27)7-3-1-4-8-49)48-42(50(35)9-5-2-6-10-50)47-40(60-48)22-28(59-47)21-34-45(57)31-13-25-17-38(53)39(54)18-26(25)14-32(31)46(34)58/h11-22H,1-10H2. The molecular formula is C50H32F4O4S2. The summed E-state index contributed by atoms with van der Waals surface area (Å²) in [7, 11) is 0. The maximum absolute atomic E-state index is 14.2. The molecule has 0 saturated heterocycles. The van der Waals surface area contributed by atoms with E-state index in [9.17, 15) is 36.7 Å². The summed E-state index contributed by atoms with van der Waals surface area (Å²) < 4.78 is 58.7. The van der Waals surface area contributed by atoms with Gasteiger partial charge >= 0.3 is 0 Å². The molecule has 0 bridgehead atoms. The van der Waals surface area contributed by atoms with Crippen LogP contribution in [0.4, 0.5) is 17.6 Å². The van der Waals surface area contributed by atoms with Crippen LogP contribution in [0.2, 0.25) is 0 Å². The van der Waals surface area contributed by atoms with Gasteiger partial charge in [-0.15, -0.1) is 22.7 Å². The lowest BCUT2D eigenvalue weighted by molar-refractivity contribution is 0.0974. The third kappa shape index (κ3) is 4.77. The van der Waals surface area contributed by atoms with Crippen molar-refractivity contribution in [2.24, 2.45) is 5.41 Å². The highest BCUT2D eigenvalue weighted by atomic mass is 32.1. The third-order valence-electron chi connectivity index (χ3n) is 14.2. The van der Waals surface area contributed by atoms with Crippen LogP contribution < -0.4 is 0 Å². The Kier molecular flexibility index (Phi) is 7.55. The Morgan fingerprint density at radius 2 is 0.933 bits per heavy atom. The van der Waals surface area contributed by atoms with E-state index in [1.807, 2.05) is 6.08 Å². The van der Waals surface area contributed by atoms with Crippen LogP contribution in [0.3, 0.4) is 0 Å². The Balaban J connectivity index is 0.956. The van der Waals surface area contributed by atoms with Crippen LogP contribution in [0, 0.1) is 28.7 Å². The zero-order valence-corrected chi connectivity index (χ0v) is 33.6. The van der Waals surface area contributed by atoms with Gasteiger partial charge in [-0.25, -0.2) is 17.6 Å². The van der Waals surface area contributed by atoms with Crippen molar-refractivity contribution < 1.29 is 36.7 Å². The third-order valence-corrected chi connectivity index (χ3v) is 16.6. The highest BCUT2D eigenvalue weighted by Gasteiger charge is 2.56. The van der Waals surface area contributed by atoms with Crippen LogP contribution in [0.1, 0.15) is 121 Å². The molecule has 6 aliphatic carbocycles. The lowest BCUT2D eigenvalue weighted by Gasteiger charge is -2.38. The van der Waals surface area contributed by atoms with Crippen LogP contribution in [0.5, 0.6) is 0 Å². The first-order chi connectivity index (χ1) is 29.0. The van der Waals surface area contributed by atoms with Crippen molar-refractivity contribution in [2.75, 3.05) is 0 Å². The lowest BCUT2D eigenvalue weighted by Crippen LogP contribution is -2.28. The van der Waals surface area contributed by atoms with Gasteiger partial charge in [0.15, 0.2) is 46.4 Å². The molecule has 4 aromatic carbocycles. The number of ketones is 4. The molecule has 2 fully saturated rings. The van der Waals surface area contributed by atoms with Gasteiger partial charge in [-0.05, 0) is 136 Å². The summed E-state index contributed by atoms with van der Waals surface area (Å²) in [5.41, 5.74) is 5.19. The fraction of sp³-hybridized carbons (Fsp3) is 0.240. The lowest BCUT2D eigenvalue weighted by atomic mass is 9.66. The number of hydrogen-bond donors (Lipinski definition) is 0. The molecular weight excluding hydrogens is 805 g/mol. The number of allylic oxidation sites excluding steroid dienone is 7. The molecule has 2 aromatic heterocycles. The summed E-state index contributed by atoms with van der Waals surface area (Å²) in [6, 6.07) is 12.2. The number of fused-ring (bicyclic) bond motifs is 11. The van der Waals surface area contributed by atoms with E-state index < -0.39 is 46.4 Å². The predicted octanol–water partition coefficient (Wildman–Crippen LogP) is 13.2. The minimum Gasteiger partial charge on any atom is -0.288 e. The molecule has 4 nitrogen and oxygen atoms in total. The van der Waals surface area contributed by atoms with Crippen molar-refractivity contribution in [3.05, 3.63) is 150 Å². The molecule has 0 unspecified atom stereocenters. The summed E-state index contributed by atoms with van der Waals surface area (Å²) in [4.78, 5) is 57.5. The monoisotopic (exact) mass is 836 g/mol. The van der Waals surface area contributed by atoms with Gasteiger partial charge in [0, 0.05) is 47.5 Å². The average molecular weight is 837 g/mol. The van der Waals surface area contributed by atoms with Crippen molar-refractivity contribution in [2.45, 2.75) is 69.6 Å². The van der Waals surface area contributed by atoms with E-state index in [2.05, 4.69) is 12.1 Å². The maximum atomic E-state index is 14.2. The number of hydrogen-bond acceptors (Lipinski definition) is 6. The quantitative estimate of drug-likeness (QED) is 0.0990. The second-order valence-corrected chi connectivity index (χ2v) is 19.4. The van der Waals surface area contributed by atoms with Crippen LogP contribution in [0.25, 0.3) is 42.6 Å². The number of benzene rings is 4. The molecule has 0 atom stereocenters. The van der Waals surface area contributed by atoms with Gasteiger partial charge < -0.3 is 0 Å². The first-order valence-electron chi connectivity index (χ1n) is 20.5. The average Bonchev–Trinajstić information content (AvgIpc) is 4.03. The van der Waals surface area contributed by atoms with Crippen LogP contribution in [0.15, 0.2) is 89.0 Å². The number of halogens is 4. The van der Waals surface area contributed by atoms with Gasteiger partial charge in [0.25, 0.3) is 0 Å². The molecule has 0 aliphatic heterocycles. The molecule has 0 amide bonds. The van der Waals surface area contributed by atoms with Crippen molar-refractivity contribution in [1.82, 2.24) is 0 Å². The zero-order chi connectivity index (χ0) is 41.0. The Morgan fingerprint density at radius 3 is 1.40 bits per heavy atom.